The first-order valence-corrected chi connectivity index (χ1v) is 10.1. The SMILES string of the molecule is Cc1ncc([N+](=O)[O-])n1CCOC(=O)NC(Nc1nc2ccc([N+](=O)[O-])cc2s1)C(F)(F)Cl. The Bertz CT molecular complexity index is 1210. The average molecular weight is 506 g/mol. The molecule has 1 amide bonds. The van der Waals surface area contributed by atoms with Gasteiger partial charge in [-0.05, 0) is 22.6 Å². The number of alkyl carbamates (subject to hydrolysis) is 1. The summed E-state index contributed by atoms with van der Waals surface area (Å²) < 4.78 is 34.0. The number of amides is 1. The van der Waals surface area contributed by atoms with Gasteiger partial charge in [-0.1, -0.05) is 11.3 Å². The van der Waals surface area contributed by atoms with Crippen LogP contribution in [0, 0.1) is 27.2 Å². The number of non-ortho nitro benzene ring substituents is 1. The first-order chi connectivity index (χ1) is 15.5. The number of benzene rings is 1. The Morgan fingerprint density at radius 3 is 2.73 bits per heavy atom. The molecule has 2 heterocycles. The van der Waals surface area contributed by atoms with Gasteiger partial charge < -0.3 is 20.2 Å². The van der Waals surface area contributed by atoms with Gasteiger partial charge in [0.15, 0.2) is 17.1 Å². The zero-order chi connectivity index (χ0) is 24.3. The molecule has 17 heteroatoms. The van der Waals surface area contributed by atoms with Crippen molar-refractivity contribution in [1.29, 1.82) is 0 Å². The Labute approximate surface area is 191 Å². The topological polar surface area (TPSA) is 167 Å². The lowest BCUT2D eigenvalue weighted by molar-refractivity contribution is -0.392. The van der Waals surface area contributed by atoms with E-state index >= 15 is 0 Å². The molecule has 3 rings (SSSR count). The molecule has 2 N–H and O–H groups in total. The fraction of sp³-hybridized carbons (Fsp3) is 0.312. The molecule has 0 radical (unpaired) electrons. The van der Waals surface area contributed by atoms with Gasteiger partial charge in [0, 0.05) is 19.1 Å². The van der Waals surface area contributed by atoms with Crippen LogP contribution in [-0.2, 0) is 11.3 Å². The van der Waals surface area contributed by atoms with Crippen LogP contribution in [0.15, 0.2) is 24.4 Å². The highest BCUT2D eigenvalue weighted by atomic mass is 35.5. The molecule has 0 bridgehead atoms. The zero-order valence-corrected chi connectivity index (χ0v) is 18.1. The monoisotopic (exact) mass is 505 g/mol. The molecule has 0 aliphatic rings. The van der Waals surface area contributed by atoms with E-state index < -0.39 is 27.5 Å². The quantitative estimate of drug-likeness (QED) is 0.191. The number of aryl methyl sites for hydroxylation is 1. The number of nitrogens with one attached hydrogen (secondary N) is 2. The number of imidazole rings is 1. The maximum atomic E-state index is 13.8. The van der Waals surface area contributed by atoms with E-state index in [0.717, 1.165) is 17.5 Å². The molecule has 0 fully saturated rings. The van der Waals surface area contributed by atoms with Crippen LogP contribution in [-0.4, -0.2) is 48.6 Å². The fourth-order valence-corrected chi connectivity index (χ4v) is 3.72. The zero-order valence-electron chi connectivity index (χ0n) is 16.5. The number of aromatic nitrogens is 3. The summed E-state index contributed by atoms with van der Waals surface area (Å²) >= 11 is 5.92. The Hall–Kier alpha value is -3.66. The van der Waals surface area contributed by atoms with Crippen LogP contribution in [0.3, 0.4) is 0 Å². The van der Waals surface area contributed by atoms with Gasteiger partial charge in [-0.3, -0.25) is 15.4 Å². The Kier molecular flexibility index (Phi) is 6.87. The molecule has 0 saturated heterocycles. The summed E-state index contributed by atoms with van der Waals surface area (Å²) in [7, 11) is 0. The van der Waals surface area contributed by atoms with Crippen LogP contribution in [0.5, 0.6) is 0 Å². The van der Waals surface area contributed by atoms with Gasteiger partial charge in [-0.25, -0.2) is 19.3 Å². The standard InChI is InChI=1S/C16H14ClF2N7O6S/c1-8-20-7-12(26(30)31)24(8)4-5-32-15(27)23-13(16(17,18)19)22-14-21-10-3-2-9(25(28)29)6-11(10)33-14/h2-3,6-7,13H,4-5H2,1H3,(H,21,22)(H,23,27). The van der Waals surface area contributed by atoms with E-state index in [4.69, 9.17) is 16.3 Å². The maximum absolute atomic E-state index is 13.8. The van der Waals surface area contributed by atoms with Gasteiger partial charge in [0.05, 0.1) is 15.1 Å². The summed E-state index contributed by atoms with van der Waals surface area (Å²) in [6.07, 6.45) is -2.38. The lowest BCUT2D eigenvalue weighted by Gasteiger charge is -2.23. The third-order valence-corrected chi connectivity index (χ3v) is 5.38. The van der Waals surface area contributed by atoms with Crippen molar-refractivity contribution in [2.45, 2.75) is 25.0 Å². The molecule has 1 unspecified atom stereocenters. The van der Waals surface area contributed by atoms with Crippen molar-refractivity contribution >= 4 is 55.9 Å². The Morgan fingerprint density at radius 1 is 1.36 bits per heavy atom. The lowest BCUT2D eigenvalue weighted by Crippen LogP contribution is -2.50. The number of anilines is 1. The van der Waals surface area contributed by atoms with Crippen molar-refractivity contribution in [2.75, 3.05) is 11.9 Å². The van der Waals surface area contributed by atoms with Gasteiger partial charge in [0.1, 0.15) is 19.3 Å². The highest BCUT2D eigenvalue weighted by Gasteiger charge is 2.39. The van der Waals surface area contributed by atoms with E-state index in [1.165, 1.54) is 29.7 Å². The minimum absolute atomic E-state index is 0.0826. The van der Waals surface area contributed by atoms with Crippen molar-refractivity contribution in [3.05, 3.63) is 50.4 Å². The van der Waals surface area contributed by atoms with E-state index in [1.807, 2.05) is 5.32 Å². The molecular formula is C16H14ClF2N7O6S. The smallest absolute Gasteiger partial charge is 0.409 e. The van der Waals surface area contributed by atoms with E-state index in [1.54, 1.807) is 0 Å². The number of halogens is 3. The van der Waals surface area contributed by atoms with Crippen LogP contribution >= 0.6 is 22.9 Å². The number of carbonyl (C=O) groups is 1. The van der Waals surface area contributed by atoms with Gasteiger partial charge >= 0.3 is 17.3 Å². The highest BCUT2D eigenvalue weighted by Crippen LogP contribution is 2.32. The number of fused-ring (bicyclic) bond motifs is 1. The number of ether oxygens (including phenoxy) is 1. The third-order valence-electron chi connectivity index (χ3n) is 4.21. The van der Waals surface area contributed by atoms with Crippen molar-refractivity contribution in [2.24, 2.45) is 0 Å². The van der Waals surface area contributed by atoms with E-state index in [2.05, 4.69) is 15.3 Å². The second-order valence-corrected chi connectivity index (χ2v) is 7.93. The van der Waals surface area contributed by atoms with Crippen LogP contribution in [0.2, 0.25) is 0 Å². The molecule has 1 aromatic carbocycles. The Balaban J connectivity index is 1.64. The van der Waals surface area contributed by atoms with E-state index in [-0.39, 0.29) is 29.8 Å². The van der Waals surface area contributed by atoms with Crippen molar-refractivity contribution < 1.29 is 28.2 Å². The third kappa shape index (κ3) is 5.78. The van der Waals surface area contributed by atoms with Crippen molar-refractivity contribution in [1.82, 2.24) is 19.9 Å². The number of carbonyl (C=O) groups excluding carboxylic acids is 1. The number of hydrogen-bond acceptors (Lipinski definition) is 10. The number of nitrogens with zero attached hydrogens (tertiary/aromatic N) is 5. The first-order valence-electron chi connectivity index (χ1n) is 8.93. The second kappa shape index (κ2) is 9.45. The van der Waals surface area contributed by atoms with Crippen LogP contribution in [0.4, 0.5) is 30.2 Å². The van der Waals surface area contributed by atoms with Crippen LogP contribution in [0.1, 0.15) is 5.82 Å². The van der Waals surface area contributed by atoms with Gasteiger partial charge in [0.2, 0.25) is 0 Å². The molecule has 0 aliphatic carbocycles. The molecule has 3 aromatic rings. The van der Waals surface area contributed by atoms with Crippen molar-refractivity contribution in [3.8, 4) is 0 Å². The molecule has 33 heavy (non-hydrogen) atoms. The first kappa shape index (κ1) is 24.0. The predicted octanol–water partition coefficient (Wildman–Crippen LogP) is 3.61. The number of hydrogen-bond donors (Lipinski definition) is 2. The van der Waals surface area contributed by atoms with Gasteiger partial charge in [-0.15, -0.1) is 0 Å². The summed E-state index contributed by atoms with van der Waals surface area (Å²) in [5.74, 6) is -0.0203. The second-order valence-electron chi connectivity index (χ2n) is 6.40. The molecule has 176 valence electrons. The van der Waals surface area contributed by atoms with E-state index in [9.17, 15) is 33.8 Å². The molecule has 2 aromatic heterocycles. The van der Waals surface area contributed by atoms with Crippen LogP contribution < -0.4 is 10.6 Å². The molecule has 0 aliphatic heterocycles. The average Bonchev–Trinajstić information content (AvgIpc) is 3.29. The molecule has 0 spiro atoms. The number of nitro benzene ring substituents is 1. The maximum Gasteiger partial charge on any atom is 0.409 e. The van der Waals surface area contributed by atoms with Crippen molar-refractivity contribution in [3.63, 3.8) is 0 Å². The number of nitro groups is 2. The largest absolute Gasteiger partial charge is 0.445 e. The summed E-state index contributed by atoms with van der Waals surface area (Å²) in [6, 6.07) is 3.79. The Morgan fingerprint density at radius 2 is 2.09 bits per heavy atom. The molecule has 1 atom stereocenters. The number of rotatable bonds is 9. The normalized spacial score (nSPS) is 12.4. The molecule has 13 nitrogen and oxygen atoms in total. The summed E-state index contributed by atoms with van der Waals surface area (Å²) in [4.78, 5) is 40.4. The predicted molar refractivity (Wildman–Crippen MR) is 113 cm³/mol. The summed E-state index contributed by atoms with van der Waals surface area (Å²) in [5.41, 5.74) is 0.108. The minimum atomic E-state index is -3.97. The minimum Gasteiger partial charge on any atom is -0.445 e. The highest BCUT2D eigenvalue weighted by molar-refractivity contribution is 7.22. The fourth-order valence-electron chi connectivity index (χ4n) is 2.68. The lowest BCUT2D eigenvalue weighted by atomic mass is 10.3. The number of alkyl halides is 3. The summed E-state index contributed by atoms with van der Waals surface area (Å²) in [6.45, 7) is 0.991. The summed E-state index contributed by atoms with van der Waals surface area (Å²) in [5, 5.41) is 21.9. The molecule has 0 saturated carbocycles. The van der Waals surface area contributed by atoms with Gasteiger partial charge in [0.25, 0.3) is 5.69 Å². The van der Waals surface area contributed by atoms with Crippen LogP contribution in [0.25, 0.3) is 10.2 Å². The van der Waals surface area contributed by atoms with E-state index in [0.29, 0.717) is 16.0 Å². The number of thiazole rings is 1. The van der Waals surface area contributed by atoms with Gasteiger partial charge in [-0.2, -0.15) is 8.78 Å². The molecular weight excluding hydrogens is 492 g/mol.